The number of hydrogen-bond acceptors (Lipinski definition) is 0. The van der Waals surface area contributed by atoms with Gasteiger partial charge in [0, 0.05) is 0 Å². The number of alkyl halides is 4. The minimum absolute atomic E-state index is 0.000216. The molecule has 0 unspecified atom stereocenters. The molecule has 0 aromatic carbocycles. The van der Waals surface area contributed by atoms with Gasteiger partial charge in [0.1, 0.15) is 9.75 Å². The van der Waals surface area contributed by atoms with Crippen LogP contribution >= 0.6 is 92.8 Å². The zero-order chi connectivity index (χ0) is 11.8. The van der Waals surface area contributed by atoms with Crippen LogP contribution in [0.4, 0.5) is 0 Å². The van der Waals surface area contributed by atoms with Gasteiger partial charge in [-0.2, -0.15) is 0 Å². The Labute approximate surface area is 126 Å². The highest BCUT2D eigenvalue weighted by atomic mass is 35.5. The number of rotatable bonds is 0. The Balaban J connectivity index is 2.76. The van der Waals surface area contributed by atoms with Crippen LogP contribution in [0.2, 0.25) is 0 Å². The molecule has 2 atom stereocenters. The molecule has 2 aliphatic carbocycles. The molecule has 0 spiro atoms. The van der Waals surface area contributed by atoms with E-state index in [0.29, 0.717) is 0 Å². The summed E-state index contributed by atoms with van der Waals surface area (Å²) in [5, 5.41) is 0.0818. The van der Waals surface area contributed by atoms with E-state index in [1.54, 1.807) is 0 Å². The van der Waals surface area contributed by atoms with Gasteiger partial charge in [-0.05, 0) is 0 Å². The van der Waals surface area contributed by atoms with E-state index in [1.807, 2.05) is 0 Å². The van der Waals surface area contributed by atoms with Gasteiger partial charge in [-0.15, -0.1) is 23.2 Å². The van der Waals surface area contributed by atoms with Crippen LogP contribution in [-0.2, 0) is 0 Å². The van der Waals surface area contributed by atoms with Crippen LogP contribution in [0.5, 0.6) is 0 Å². The first-order valence-electron chi connectivity index (χ1n) is 3.51. The smallest absolute Gasteiger partial charge is 0.107 e. The lowest BCUT2D eigenvalue weighted by Crippen LogP contribution is -2.60. The third kappa shape index (κ3) is 1.12. The first-order valence-corrected chi connectivity index (χ1v) is 6.54. The molecule has 2 aliphatic rings. The fourth-order valence-electron chi connectivity index (χ4n) is 1.58. The van der Waals surface area contributed by atoms with Crippen molar-refractivity contribution in [2.24, 2.45) is 0 Å². The highest BCUT2D eigenvalue weighted by Gasteiger charge is 2.79. The second-order valence-corrected chi connectivity index (χ2v) is 7.12. The fourth-order valence-corrected chi connectivity index (χ4v) is 5.19. The van der Waals surface area contributed by atoms with Crippen LogP contribution in [0.3, 0.4) is 0 Å². The SMILES string of the molecule is ClC1=C(Cl)[C@]2(Cl)C(Cl)=C(Cl)[C@@]2(Cl)C1(Cl)Cl. The summed E-state index contributed by atoms with van der Waals surface area (Å²) >= 11 is 47.9. The maximum absolute atomic E-state index is 6.19. The topological polar surface area (TPSA) is 0 Å². The lowest BCUT2D eigenvalue weighted by molar-refractivity contribution is 0.562. The molecule has 0 nitrogen and oxygen atoms in total. The van der Waals surface area contributed by atoms with Gasteiger partial charge in [-0.1, -0.05) is 69.6 Å². The number of allylic oxidation sites excluding steroid dienone is 4. The predicted molar refractivity (Wildman–Crippen MR) is 69.1 cm³/mol. The van der Waals surface area contributed by atoms with Gasteiger partial charge in [0.05, 0.1) is 20.1 Å². The minimum Gasteiger partial charge on any atom is -0.107 e. The van der Waals surface area contributed by atoms with E-state index in [9.17, 15) is 0 Å². The van der Waals surface area contributed by atoms with E-state index >= 15 is 0 Å². The van der Waals surface area contributed by atoms with Crippen LogP contribution in [0, 0.1) is 0 Å². The molecular weight excluding hydrogens is 368 g/mol. The van der Waals surface area contributed by atoms with E-state index in [2.05, 4.69) is 0 Å². The molecule has 0 aliphatic heterocycles. The van der Waals surface area contributed by atoms with Gasteiger partial charge >= 0.3 is 0 Å². The van der Waals surface area contributed by atoms with Gasteiger partial charge in [0.15, 0.2) is 4.33 Å². The van der Waals surface area contributed by atoms with E-state index in [4.69, 9.17) is 92.8 Å². The quantitative estimate of drug-likeness (QED) is 0.494. The second kappa shape index (κ2) is 3.42. The van der Waals surface area contributed by atoms with Crippen LogP contribution < -0.4 is 0 Å². The standard InChI is InChI=1S/C7Cl8/c8-1-3(10)6(13)5(1,12)2(9)4(11)7(6,14)15/t5-,6+/m1/s1. The lowest BCUT2D eigenvalue weighted by atomic mass is 9.81. The number of fused-ring (bicyclic) bond motifs is 1. The summed E-state index contributed by atoms with van der Waals surface area (Å²) in [4.78, 5) is -2.95. The molecule has 0 aromatic rings. The molecule has 0 bridgehead atoms. The Bertz CT molecular complexity index is 421. The molecule has 0 aromatic heterocycles. The third-order valence-corrected chi connectivity index (χ3v) is 7.70. The normalized spacial score (nSPS) is 43.2. The van der Waals surface area contributed by atoms with Crippen molar-refractivity contribution in [3.8, 4) is 0 Å². The molecule has 0 amide bonds. The zero-order valence-electron chi connectivity index (χ0n) is 6.52. The van der Waals surface area contributed by atoms with Crippen LogP contribution in [0.25, 0.3) is 0 Å². The van der Waals surface area contributed by atoms with E-state index in [-0.39, 0.29) is 20.1 Å². The molecule has 0 N–H and O–H groups in total. The summed E-state index contributed by atoms with van der Waals surface area (Å²) in [6.07, 6.45) is 0. The average Bonchev–Trinajstić information content (AvgIpc) is 2.29. The van der Waals surface area contributed by atoms with Gasteiger partial charge < -0.3 is 0 Å². The molecule has 0 fully saturated rings. The van der Waals surface area contributed by atoms with Crippen molar-refractivity contribution in [2.75, 3.05) is 0 Å². The van der Waals surface area contributed by atoms with E-state index in [0.717, 1.165) is 0 Å². The first-order chi connectivity index (χ1) is 6.63. The third-order valence-electron chi connectivity index (χ3n) is 2.48. The maximum atomic E-state index is 6.19. The summed E-state index contributed by atoms with van der Waals surface area (Å²) < 4.78 is -1.69. The van der Waals surface area contributed by atoms with Crippen molar-refractivity contribution in [1.29, 1.82) is 0 Å². The largest absolute Gasteiger partial charge is 0.181 e. The molecule has 84 valence electrons. The lowest BCUT2D eigenvalue weighted by Gasteiger charge is -2.49. The molecule has 8 heteroatoms. The summed E-state index contributed by atoms with van der Waals surface area (Å²) in [7, 11) is 0. The summed E-state index contributed by atoms with van der Waals surface area (Å²) in [5.74, 6) is 0. The van der Waals surface area contributed by atoms with Crippen LogP contribution in [0.1, 0.15) is 0 Å². The van der Waals surface area contributed by atoms with Gasteiger partial charge in [-0.3, -0.25) is 0 Å². The summed E-state index contributed by atoms with van der Waals surface area (Å²) in [6.45, 7) is 0. The Kier molecular flexibility index (Phi) is 3.02. The fraction of sp³-hybridized carbons (Fsp3) is 0.429. The molecule has 0 saturated heterocycles. The highest BCUT2D eigenvalue weighted by Crippen LogP contribution is 2.76. The molecule has 15 heavy (non-hydrogen) atoms. The zero-order valence-corrected chi connectivity index (χ0v) is 12.6. The van der Waals surface area contributed by atoms with E-state index in [1.165, 1.54) is 0 Å². The Morgan fingerprint density at radius 3 is 1.40 bits per heavy atom. The number of hydrogen-bond donors (Lipinski definition) is 0. The molecule has 0 saturated carbocycles. The van der Waals surface area contributed by atoms with Crippen molar-refractivity contribution >= 4 is 92.8 Å². The Morgan fingerprint density at radius 2 is 1.00 bits per heavy atom. The maximum Gasteiger partial charge on any atom is 0.181 e. The van der Waals surface area contributed by atoms with Crippen molar-refractivity contribution in [1.82, 2.24) is 0 Å². The monoisotopic (exact) mass is 364 g/mol. The van der Waals surface area contributed by atoms with Gasteiger partial charge in [0.25, 0.3) is 0 Å². The molecule has 2 rings (SSSR count). The van der Waals surface area contributed by atoms with Gasteiger partial charge in [0.2, 0.25) is 0 Å². The van der Waals surface area contributed by atoms with Crippen molar-refractivity contribution in [2.45, 2.75) is 14.1 Å². The molecule has 0 radical (unpaired) electrons. The first kappa shape index (κ1) is 13.2. The van der Waals surface area contributed by atoms with Crippen molar-refractivity contribution < 1.29 is 0 Å². The average molecular weight is 368 g/mol. The Morgan fingerprint density at radius 1 is 0.600 bits per heavy atom. The second-order valence-electron chi connectivity index (χ2n) is 3.15. The summed E-state index contributed by atoms with van der Waals surface area (Å²) in [5.41, 5.74) is 0. The highest BCUT2D eigenvalue weighted by molar-refractivity contribution is 6.71. The predicted octanol–water partition coefficient (Wildman–Crippen LogP) is 5.52. The molecule has 0 heterocycles. The minimum atomic E-state index is -1.69. The Hall–Kier alpha value is 1.80. The number of halogens is 8. The van der Waals surface area contributed by atoms with Crippen molar-refractivity contribution in [3.05, 3.63) is 20.1 Å². The molecular formula is C7Cl8. The van der Waals surface area contributed by atoms with Crippen LogP contribution in [-0.4, -0.2) is 14.1 Å². The van der Waals surface area contributed by atoms with Gasteiger partial charge in [-0.25, -0.2) is 0 Å². The van der Waals surface area contributed by atoms with E-state index < -0.39 is 14.1 Å². The van der Waals surface area contributed by atoms with Crippen molar-refractivity contribution in [3.63, 3.8) is 0 Å². The van der Waals surface area contributed by atoms with Crippen LogP contribution in [0.15, 0.2) is 20.1 Å². The summed E-state index contributed by atoms with van der Waals surface area (Å²) in [6, 6.07) is 0.